The van der Waals surface area contributed by atoms with Crippen LogP contribution in [0.5, 0.6) is 0 Å². The van der Waals surface area contributed by atoms with E-state index < -0.39 is 6.10 Å². The van der Waals surface area contributed by atoms with Gasteiger partial charge in [0.15, 0.2) is 0 Å². The molecule has 0 bridgehead atoms. The van der Waals surface area contributed by atoms with Gasteiger partial charge in [0.2, 0.25) is 6.10 Å². The molecule has 2 aliphatic rings. The molecule has 1 heterocycles. The first-order valence-electron chi connectivity index (χ1n) is 10.9. The quantitative estimate of drug-likeness (QED) is 0.727. The SMILES string of the molecule is Cc1ccccc1C(=O)N1CCC(C(=O)O[C@H](C(=O)NC2CC2)c2ccccc2)CC1. The van der Waals surface area contributed by atoms with Crippen LogP contribution < -0.4 is 5.32 Å². The Kier molecular flexibility index (Phi) is 6.35. The Hall–Kier alpha value is -3.15. The zero-order chi connectivity index (χ0) is 21.8. The Morgan fingerprint density at radius 2 is 1.58 bits per heavy atom. The van der Waals surface area contributed by atoms with Crippen molar-refractivity contribution >= 4 is 17.8 Å². The number of ether oxygens (including phenoxy) is 1. The van der Waals surface area contributed by atoms with E-state index in [1.54, 1.807) is 17.0 Å². The van der Waals surface area contributed by atoms with E-state index >= 15 is 0 Å². The summed E-state index contributed by atoms with van der Waals surface area (Å²) >= 11 is 0. The lowest BCUT2D eigenvalue weighted by atomic mass is 9.95. The summed E-state index contributed by atoms with van der Waals surface area (Å²) < 4.78 is 5.71. The van der Waals surface area contributed by atoms with Gasteiger partial charge >= 0.3 is 5.97 Å². The Morgan fingerprint density at radius 1 is 0.935 bits per heavy atom. The third kappa shape index (κ3) is 5.13. The van der Waals surface area contributed by atoms with E-state index in [1.807, 2.05) is 49.4 Å². The third-order valence-corrected chi connectivity index (χ3v) is 5.99. The number of likely N-dealkylation sites (tertiary alicyclic amines) is 1. The van der Waals surface area contributed by atoms with Gasteiger partial charge in [-0.1, -0.05) is 48.5 Å². The zero-order valence-corrected chi connectivity index (χ0v) is 17.8. The second-order valence-electron chi connectivity index (χ2n) is 8.39. The fourth-order valence-corrected chi connectivity index (χ4v) is 3.92. The molecule has 0 unspecified atom stereocenters. The summed E-state index contributed by atoms with van der Waals surface area (Å²) in [6, 6.07) is 16.8. The van der Waals surface area contributed by atoms with Gasteiger partial charge in [0.1, 0.15) is 0 Å². The summed E-state index contributed by atoms with van der Waals surface area (Å²) in [5.74, 6) is -0.964. The van der Waals surface area contributed by atoms with Crippen LogP contribution in [0.2, 0.25) is 0 Å². The van der Waals surface area contributed by atoms with Gasteiger partial charge in [-0.15, -0.1) is 0 Å². The van der Waals surface area contributed by atoms with Crippen molar-refractivity contribution in [2.24, 2.45) is 5.92 Å². The van der Waals surface area contributed by atoms with E-state index in [9.17, 15) is 14.4 Å². The Morgan fingerprint density at radius 3 is 2.23 bits per heavy atom. The minimum Gasteiger partial charge on any atom is -0.447 e. The van der Waals surface area contributed by atoms with Gasteiger partial charge in [-0.3, -0.25) is 14.4 Å². The molecule has 6 nitrogen and oxygen atoms in total. The maximum Gasteiger partial charge on any atom is 0.310 e. The summed E-state index contributed by atoms with van der Waals surface area (Å²) in [5.41, 5.74) is 2.31. The lowest BCUT2D eigenvalue weighted by molar-refractivity contribution is -0.161. The molecule has 2 fully saturated rings. The van der Waals surface area contributed by atoms with Crippen LogP contribution in [0, 0.1) is 12.8 Å². The number of benzene rings is 2. The predicted octanol–water partition coefficient (Wildman–Crippen LogP) is 3.41. The summed E-state index contributed by atoms with van der Waals surface area (Å²) in [6.45, 7) is 2.92. The third-order valence-electron chi connectivity index (χ3n) is 5.99. The number of piperidine rings is 1. The molecule has 0 spiro atoms. The van der Waals surface area contributed by atoms with Crippen molar-refractivity contribution in [1.29, 1.82) is 0 Å². The van der Waals surface area contributed by atoms with Crippen molar-refractivity contribution in [1.82, 2.24) is 10.2 Å². The lowest BCUT2D eigenvalue weighted by Crippen LogP contribution is -2.42. The highest BCUT2D eigenvalue weighted by Crippen LogP contribution is 2.27. The molecule has 2 aromatic rings. The number of hydrogen-bond donors (Lipinski definition) is 1. The van der Waals surface area contributed by atoms with Gasteiger partial charge in [-0.05, 0) is 44.2 Å². The molecule has 1 aliphatic carbocycles. The highest BCUT2D eigenvalue weighted by atomic mass is 16.5. The molecule has 1 saturated carbocycles. The van der Waals surface area contributed by atoms with Gasteiger partial charge in [0.25, 0.3) is 11.8 Å². The average Bonchev–Trinajstić information content (AvgIpc) is 3.62. The number of carbonyl (C=O) groups is 3. The number of aryl methyl sites for hydroxylation is 1. The molecule has 1 aliphatic heterocycles. The van der Waals surface area contributed by atoms with Gasteiger partial charge in [0.05, 0.1) is 5.92 Å². The van der Waals surface area contributed by atoms with Crippen LogP contribution in [0.3, 0.4) is 0 Å². The number of nitrogens with zero attached hydrogens (tertiary/aromatic N) is 1. The number of carbonyl (C=O) groups excluding carboxylic acids is 3. The number of esters is 1. The van der Waals surface area contributed by atoms with Crippen LogP contribution in [0.25, 0.3) is 0 Å². The van der Waals surface area contributed by atoms with Gasteiger partial charge in [-0.2, -0.15) is 0 Å². The molecule has 1 atom stereocenters. The predicted molar refractivity (Wildman–Crippen MR) is 116 cm³/mol. The molecule has 1 N–H and O–H groups in total. The van der Waals surface area contributed by atoms with Crippen LogP contribution in [0.15, 0.2) is 54.6 Å². The van der Waals surface area contributed by atoms with Crippen molar-refractivity contribution in [2.45, 2.75) is 44.8 Å². The summed E-state index contributed by atoms with van der Waals surface area (Å²) in [5, 5.41) is 2.94. The minimum absolute atomic E-state index is 0.00380. The fourth-order valence-electron chi connectivity index (χ4n) is 3.92. The summed E-state index contributed by atoms with van der Waals surface area (Å²) in [7, 11) is 0. The first kappa shape index (κ1) is 21.1. The monoisotopic (exact) mass is 420 g/mol. The zero-order valence-electron chi connectivity index (χ0n) is 17.8. The number of nitrogens with one attached hydrogen (secondary N) is 1. The van der Waals surface area contributed by atoms with Crippen LogP contribution >= 0.6 is 0 Å². The second kappa shape index (κ2) is 9.33. The Labute approximate surface area is 182 Å². The highest BCUT2D eigenvalue weighted by Gasteiger charge is 2.34. The van der Waals surface area contributed by atoms with Crippen LogP contribution in [0.4, 0.5) is 0 Å². The summed E-state index contributed by atoms with van der Waals surface area (Å²) in [6.07, 6.45) is 2.05. The molecule has 0 aromatic heterocycles. The standard InChI is InChI=1S/C25H28N2O4/c1-17-7-5-6-10-21(17)24(29)27-15-13-19(14-16-27)25(30)31-22(18-8-3-2-4-9-18)23(28)26-20-11-12-20/h2-10,19-20,22H,11-16H2,1H3,(H,26,28)/t22-/m0/s1. The maximum absolute atomic E-state index is 12.9. The highest BCUT2D eigenvalue weighted by molar-refractivity contribution is 5.95. The Bertz CT molecular complexity index is 947. The second-order valence-corrected chi connectivity index (χ2v) is 8.39. The topological polar surface area (TPSA) is 75.7 Å². The largest absolute Gasteiger partial charge is 0.447 e. The van der Waals surface area contributed by atoms with E-state index in [-0.39, 0.29) is 29.7 Å². The number of amides is 2. The first-order chi connectivity index (χ1) is 15.0. The minimum atomic E-state index is -0.944. The molecule has 0 radical (unpaired) electrons. The molecule has 4 rings (SSSR count). The van der Waals surface area contributed by atoms with Crippen molar-refractivity contribution in [2.75, 3.05) is 13.1 Å². The first-order valence-corrected chi connectivity index (χ1v) is 10.9. The fraction of sp³-hybridized carbons (Fsp3) is 0.400. The molecule has 2 aromatic carbocycles. The molecule has 2 amide bonds. The van der Waals surface area contributed by atoms with Crippen molar-refractivity contribution < 1.29 is 19.1 Å². The van der Waals surface area contributed by atoms with Crippen molar-refractivity contribution in [3.8, 4) is 0 Å². The molecular weight excluding hydrogens is 392 g/mol. The van der Waals surface area contributed by atoms with Crippen molar-refractivity contribution in [3.05, 3.63) is 71.3 Å². The lowest BCUT2D eigenvalue weighted by Gasteiger charge is -2.32. The molecule has 6 heteroatoms. The Balaban J connectivity index is 1.37. The van der Waals surface area contributed by atoms with Gasteiger partial charge < -0.3 is 15.0 Å². The summed E-state index contributed by atoms with van der Waals surface area (Å²) in [4.78, 5) is 40.2. The van der Waals surface area contributed by atoms with E-state index in [2.05, 4.69) is 5.32 Å². The smallest absolute Gasteiger partial charge is 0.310 e. The van der Waals surface area contributed by atoms with Gasteiger partial charge in [0, 0.05) is 30.3 Å². The molecular formula is C25H28N2O4. The van der Waals surface area contributed by atoms with Crippen molar-refractivity contribution in [3.63, 3.8) is 0 Å². The number of hydrogen-bond acceptors (Lipinski definition) is 4. The number of rotatable bonds is 6. The maximum atomic E-state index is 12.9. The van der Waals surface area contributed by atoms with Crippen LogP contribution in [0.1, 0.15) is 53.3 Å². The van der Waals surface area contributed by atoms with E-state index in [1.165, 1.54) is 0 Å². The van der Waals surface area contributed by atoms with Crippen LogP contribution in [-0.4, -0.2) is 41.8 Å². The average molecular weight is 421 g/mol. The van der Waals surface area contributed by atoms with Crippen LogP contribution in [-0.2, 0) is 14.3 Å². The van der Waals surface area contributed by atoms with E-state index in [0.717, 1.165) is 18.4 Å². The molecule has 1 saturated heterocycles. The molecule has 31 heavy (non-hydrogen) atoms. The van der Waals surface area contributed by atoms with E-state index in [4.69, 9.17) is 4.74 Å². The van der Waals surface area contributed by atoms with Gasteiger partial charge in [-0.25, -0.2) is 0 Å². The molecule has 162 valence electrons. The van der Waals surface area contributed by atoms with E-state index in [0.29, 0.717) is 37.1 Å². The normalized spacial score (nSPS) is 17.6.